The number of rotatable bonds is 5. The molecule has 0 saturated carbocycles. The predicted octanol–water partition coefficient (Wildman–Crippen LogP) is 1.92. The van der Waals surface area contributed by atoms with Crippen LogP contribution in [0.15, 0.2) is 12.1 Å². The Labute approximate surface area is 117 Å². The molecule has 1 atom stereocenters. The summed E-state index contributed by atoms with van der Waals surface area (Å²) in [5, 5.41) is 9.79. The molecule has 1 aromatic carbocycles. The van der Waals surface area contributed by atoms with Crippen LogP contribution in [0.25, 0.3) is 0 Å². The number of aliphatic hydroxyl groups excluding tert-OH is 1. The maximum Gasteiger partial charge on any atom is 0.340 e. The second-order valence-corrected chi connectivity index (χ2v) is 4.76. The first-order valence-electron chi connectivity index (χ1n) is 6.02. The quantitative estimate of drug-likeness (QED) is 0.639. The van der Waals surface area contributed by atoms with Crippen LogP contribution in [0, 0.1) is 0 Å². The molecule has 0 bridgehead atoms. The molecule has 6 heteroatoms. The van der Waals surface area contributed by atoms with Crippen molar-refractivity contribution in [3.63, 3.8) is 0 Å². The molecule has 5 nitrogen and oxygen atoms in total. The SMILES string of the molecule is CCOC(=O)c1cc(N)cc(Cl)c1N(C)CC(C)O. The lowest BCUT2D eigenvalue weighted by molar-refractivity contribution is 0.0527. The minimum absolute atomic E-state index is 0.269. The summed E-state index contributed by atoms with van der Waals surface area (Å²) in [6, 6.07) is 3.09. The molecule has 19 heavy (non-hydrogen) atoms. The number of nitrogens with zero attached hydrogens (tertiary/aromatic N) is 1. The van der Waals surface area contributed by atoms with E-state index in [1.807, 2.05) is 0 Å². The number of carbonyl (C=O) groups is 1. The fourth-order valence-corrected chi connectivity index (χ4v) is 2.23. The molecule has 106 valence electrons. The van der Waals surface area contributed by atoms with Crippen LogP contribution in [0.5, 0.6) is 0 Å². The van der Waals surface area contributed by atoms with Crippen molar-refractivity contribution >= 4 is 28.9 Å². The molecule has 0 aliphatic heterocycles. The number of nitrogen functional groups attached to an aromatic ring is 1. The van der Waals surface area contributed by atoms with Crippen LogP contribution < -0.4 is 10.6 Å². The van der Waals surface area contributed by atoms with Gasteiger partial charge >= 0.3 is 5.97 Å². The Morgan fingerprint density at radius 1 is 1.58 bits per heavy atom. The third kappa shape index (κ3) is 4.01. The number of benzene rings is 1. The van der Waals surface area contributed by atoms with Gasteiger partial charge in [-0.15, -0.1) is 0 Å². The van der Waals surface area contributed by atoms with E-state index < -0.39 is 12.1 Å². The number of aliphatic hydroxyl groups is 1. The van der Waals surface area contributed by atoms with Crippen molar-refractivity contribution in [3.05, 3.63) is 22.7 Å². The van der Waals surface area contributed by atoms with E-state index in [1.165, 1.54) is 6.07 Å². The molecule has 1 unspecified atom stereocenters. The third-order valence-electron chi connectivity index (χ3n) is 2.50. The maximum atomic E-state index is 11.9. The second-order valence-electron chi connectivity index (χ2n) is 4.35. The fourth-order valence-electron chi connectivity index (χ4n) is 1.86. The van der Waals surface area contributed by atoms with E-state index >= 15 is 0 Å². The average molecular weight is 287 g/mol. The Morgan fingerprint density at radius 2 is 2.21 bits per heavy atom. The number of nitrogens with two attached hydrogens (primary N) is 1. The number of hydrogen-bond acceptors (Lipinski definition) is 5. The summed E-state index contributed by atoms with van der Waals surface area (Å²) in [5.74, 6) is -0.482. The lowest BCUT2D eigenvalue weighted by Gasteiger charge is -2.24. The zero-order valence-corrected chi connectivity index (χ0v) is 12.1. The summed E-state index contributed by atoms with van der Waals surface area (Å²) in [5.41, 5.74) is 6.90. The van der Waals surface area contributed by atoms with Crippen LogP contribution in [0.1, 0.15) is 24.2 Å². The summed E-state index contributed by atoms with van der Waals surface area (Å²) < 4.78 is 4.99. The first-order chi connectivity index (χ1) is 8.86. The largest absolute Gasteiger partial charge is 0.462 e. The highest BCUT2D eigenvalue weighted by molar-refractivity contribution is 6.34. The topological polar surface area (TPSA) is 75.8 Å². The van der Waals surface area contributed by atoms with Gasteiger partial charge in [0.1, 0.15) is 0 Å². The van der Waals surface area contributed by atoms with E-state index in [-0.39, 0.29) is 6.61 Å². The molecule has 0 aliphatic rings. The summed E-state index contributed by atoms with van der Waals surface area (Å²) in [6.07, 6.45) is -0.548. The average Bonchev–Trinajstić information content (AvgIpc) is 2.26. The first-order valence-corrected chi connectivity index (χ1v) is 6.40. The van der Waals surface area contributed by atoms with Crippen molar-refractivity contribution in [3.8, 4) is 0 Å². The number of carbonyl (C=O) groups excluding carboxylic acids is 1. The number of anilines is 2. The Balaban J connectivity index is 3.23. The van der Waals surface area contributed by atoms with E-state index in [4.69, 9.17) is 22.1 Å². The van der Waals surface area contributed by atoms with Gasteiger partial charge in [-0.1, -0.05) is 11.6 Å². The molecular weight excluding hydrogens is 268 g/mol. The molecule has 0 fully saturated rings. The normalized spacial score (nSPS) is 12.1. The standard InChI is InChI=1S/C13H19ClN2O3/c1-4-19-13(18)10-5-9(15)6-11(14)12(10)16(3)7-8(2)17/h5-6,8,17H,4,7,15H2,1-3H3. The van der Waals surface area contributed by atoms with Crippen molar-refractivity contribution in [2.75, 3.05) is 30.8 Å². The molecule has 0 heterocycles. The van der Waals surface area contributed by atoms with E-state index in [9.17, 15) is 9.90 Å². The second kappa shape index (κ2) is 6.63. The lowest BCUT2D eigenvalue weighted by Crippen LogP contribution is -2.29. The van der Waals surface area contributed by atoms with Crippen LogP contribution in [0.4, 0.5) is 11.4 Å². The molecule has 0 saturated heterocycles. The van der Waals surface area contributed by atoms with E-state index in [0.717, 1.165) is 0 Å². The van der Waals surface area contributed by atoms with Gasteiger partial charge in [-0.05, 0) is 26.0 Å². The Hall–Kier alpha value is -1.46. The van der Waals surface area contributed by atoms with Gasteiger partial charge in [0.2, 0.25) is 0 Å². The first kappa shape index (κ1) is 15.6. The molecule has 3 N–H and O–H groups in total. The zero-order valence-electron chi connectivity index (χ0n) is 11.3. The van der Waals surface area contributed by atoms with Gasteiger partial charge < -0.3 is 20.5 Å². The predicted molar refractivity (Wildman–Crippen MR) is 76.8 cm³/mol. The van der Waals surface area contributed by atoms with Gasteiger partial charge in [-0.3, -0.25) is 0 Å². The maximum absolute atomic E-state index is 11.9. The Morgan fingerprint density at radius 3 is 2.74 bits per heavy atom. The monoisotopic (exact) mass is 286 g/mol. The molecule has 0 aromatic heterocycles. The minimum atomic E-state index is -0.548. The number of hydrogen-bond donors (Lipinski definition) is 2. The molecular formula is C13H19ClN2O3. The number of ether oxygens (including phenoxy) is 1. The van der Waals surface area contributed by atoms with Gasteiger partial charge in [-0.25, -0.2) is 4.79 Å². The molecule has 0 radical (unpaired) electrons. The van der Waals surface area contributed by atoms with Crippen LogP contribution in [0.3, 0.4) is 0 Å². The number of likely N-dealkylation sites (N-methyl/N-ethyl adjacent to an activating group) is 1. The third-order valence-corrected chi connectivity index (χ3v) is 2.79. The minimum Gasteiger partial charge on any atom is -0.462 e. The molecule has 1 aromatic rings. The zero-order chi connectivity index (χ0) is 14.6. The van der Waals surface area contributed by atoms with Crippen LogP contribution in [-0.2, 0) is 4.74 Å². The number of halogens is 1. The molecule has 0 amide bonds. The summed E-state index contributed by atoms with van der Waals surface area (Å²) in [4.78, 5) is 13.6. The molecule has 0 aliphatic carbocycles. The van der Waals surface area contributed by atoms with Crippen molar-refractivity contribution in [2.24, 2.45) is 0 Å². The smallest absolute Gasteiger partial charge is 0.340 e. The summed E-state index contributed by atoms with van der Waals surface area (Å²) >= 11 is 6.15. The van der Waals surface area contributed by atoms with E-state index in [1.54, 1.807) is 31.9 Å². The highest BCUT2D eigenvalue weighted by Gasteiger charge is 2.20. The summed E-state index contributed by atoms with van der Waals surface area (Å²) in [6.45, 7) is 4.00. The van der Waals surface area contributed by atoms with Gasteiger partial charge in [0.05, 0.1) is 29.0 Å². The fraction of sp³-hybridized carbons (Fsp3) is 0.462. The lowest BCUT2D eigenvalue weighted by atomic mass is 10.1. The van der Waals surface area contributed by atoms with E-state index in [2.05, 4.69) is 0 Å². The Kier molecular flexibility index (Phi) is 5.44. The Bertz CT molecular complexity index is 463. The number of esters is 1. The highest BCUT2D eigenvalue weighted by Crippen LogP contribution is 2.32. The van der Waals surface area contributed by atoms with Crippen LogP contribution >= 0.6 is 11.6 Å². The molecule has 0 spiro atoms. The highest BCUT2D eigenvalue weighted by atomic mass is 35.5. The van der Waals surface area contributed by atoms with Gasteiger partial charge in [0.15, 0.2) is 0 Å². The van der Waals surface area contributed by atoms with Gasteiger partial charge in [0.25, 0.3) is 0 Å². The summed E-state index contributed by atoms with van der Waals surface area (Å²) in [7, 11) is 1.74. The van der Waals surface area contributed by atoms with Crippen molar-refractivity contribution < 1.29 is 14.6 Å². The van der Waals surface area contributed by atoms with Crippen LogP contribution in [0.2, 0.25) is 5.02 Å². The van der Waals surface area contributed by atoms with Crippen molar-refractivity contribution in [1.82, 2.24) is 0 Å². The van der Waals surface area contributed by atoms with E-state index in [0.29, 0.717) is 28.5 Å². The van der Waals surface area contributed by atoms with Crippen LogP contribution in [-0.4, -0.2) is 37.4 Å². The van der Waals surface area contributed by atoms with Crippen molar-refractivity contribution in [1.29, 1.82) is 0 Å². The van der Waals surface area contributed by atoms with Gasteiger partial charge in [-0.2, -0.15) is 0 Å². The van der Waals surface area contributed by atoms with Gasteiger partial charge in [0, 0.05) is 19.3 Å². The van der Waals surface area contributed by atoms with Crippen molar-refractivity contribution in [2.45, 2.75) is 20.0 Å². The molecule has 1 rings (SSSR count).